The summed E-state index contributed by atoms with van der Waals surface area (Å²) in [6.07, 6.45) is 4.21. The number of carbonyl (C=O) groups is 1. The van der Waals surface area contributed by atoms with E-state index in [1.807, 2.05) is 18.2 Å². The number of amides is 1. The fraction of sp³-hybridized carbons (Fsp3) is 0.611. The average molecular weight is 302 g/mol. The van der Waals surface area contributed by atoms with Crippen molar-refractivity contribution in [2.24, 2.45) is 11.3 Å². The Labute approximate surface area is 132 Å². The van der Waals surface area contributed by atoms with E-state index < -0.39 is 0 Å². The summed E-state index contributed by atoms with van der Waals surface area (Å²) in [7, 11) is 1.68. The Morgan fingerprint density at radius 2 is 2.23 bits per heavy atom. The molecule has 1 saturated carbocycles. The largest absolute Gasteiger partial charge is 0.497 e. The molecule has 1 heterocycles. The van der Waals surface area contributed by atoms with Crippen LogP contribution in [-0.4, -0.2) is 32.1 Å². The van der Waals surface area contributed by atoms with Gasteiger partial charge >= 0.3 is 0 Å². The molecule has 0 aromatic heterocycles. The van der Waals surface area contributed by atoms with Crippen LogP contribution in [0.15, 0.2) is 24.3 Å². The van der Waals surface area contributed by atoms with E-state index in [-0.39, 0.29) is 17.9 Å². The Kier molecular flexibility index (Phi) is 4.39. The van der Waals surface area contributed by atoms with Crippen molar-refractivity contribution in [3.8, 4) is 5.75 Å². The summed E-state index contributed by atoms with van der Waals surface area (Å²) in [5.74, 6) is 1.35. The third kappa shape index (κ3) is 3.27. The van der Waals surface area contributed by atoms with Crippen LogP contribution in [0.4, 0.5) is 0 Å². The highest BCUT2D eigenvalue weighted by molar-refractivity contribution is 5.82. The number of hydrogen-bond acceptors (Lipinski definition) is 3. The van der Waals surface area contributed by atoms with Crippen molar-refractivity contribution in [3.05, 3.63) is 29.8 Å². The number of methoxy groups -OCH3 is 1. The maximum Gasteiger partial charge on any atom is 0.223 e. The molecule has 0 radical (unpaired) electrons. The molecule has 0 bridgehead atoms. The molecular weight excluding hydrogens is 276 g/mol. The third-order valence-electron chi connectivity index (χ3n) is 5.17. The van der Waals surface area contributed by atoms with Gasteiger partial charge in [-0.2, -0.15) is 0 Å². The fourth-order valence-electron chi connectivity index (χ4n) is 3.74. The van der Waals surface area contributed by atoms with Gasteiger partial charge in [-0.05, 0) is 68.8 Å². The second kappa shape index (κ2) is 6.29. The maximum atomic E-state index is 12.4. The quantitative estimate of drug-likeness (QED) is 0.876. The number of hydrogen-bond donors (Lipinski definition) is 2. The normalized spacial score (nSPS) is 23.8. The Bertz CT molecular complexity index is 538. The van der Waals surface area contributed by atoms with Crippen LogP contribution in [-0.2, 0) is 11.2 Å². The zero-order chi connectivity index (χ0) is 15.6. The van der Waals surface area contributed by atoms with Gasteiger partial charge < -0.3 is 15.4 Å². The Balaban J connectivity index is 1.51. The molecule has 1 aliphatic heterocycles. The molecule has 2 atom stereocenters. The van der Waals surface area contributed by atoms with Crippen LogP contribution in [0.5, 0.6) is 5.75 Å². The molecule has 4 nitrogen and oxygen atoms in total. The topological polar surface area (TPSA) is 50.4 Å². The van der Waals surface area contributed by atoms with E-state index >= 15 is 0 Å². The second-order valence-electron chi connectivity index (χ2n) is 6.83. The number of ether oxygens (including phenoxy) is 1. The van der Waals surface area contributed by atoms with Crippen molar-refractivity contribution in [2.75, 3.05) is 20.2 Å². The zero-order valence-electron chi connectivity index (χ0n) is 13.5. The molecule has 1 spiro atoms. The summed E-state index contributed by atoms with van der Waals surface area (Å²) in [5.41, 5.74) is 1.50. The van der Waals surface area contributed by atoms with Crippen molar-refractivity contribution in [1.29, 1.82) is 0 Å². The van der Waals surface area contributed by atoms with Crippen LogP contribution in [0.1, 0.15) is 31.7 Å². The minimum absolute atomic E-state index is 0.152. The van der Waals surface area contributed by atoms with E-state index in [4.69, 9.17) is 4.74 Å². The third-order valence-corrected chi connectivity index (χ3v) is 5.17. The summed E-state index contributed by atoms with van der Waals surface area (Å²) in [4.78, 5) is 12.4. The van der Waals surface area contributed by atoms with Crippen LogP contribution in [0.25, 0.3) is 0 Å². The maximum absolute atomic E-state index is 12.4. The summed E-state index contributed by atoms with van der Waals surface area (Å²) < 4.78 is 5.25. The van der Waals surface area contributed by atoms with Crippen molar-refractivity contribution >= 4 is 5.91 Å². The summed E-state index contributed by atoms with van der Waals surface area (Å²) >= 11 is 0. The van der Waals surface area contributed by atoms with E-state index in [9.17, 15) is 4.79 Å². The summed E-state index contributed by atoms with van der Waals surface area (Å²) in [6.45, 7) is 4.20. The lowest BCUT2D eigenvalue weighted by atomic mass is 9.91. The SMILES string of the molecule is COc1cccc(CC(C)NC(=O)C2CC23CCNCC3)c1. The first-order valence-corrected chi connectivity index (χ1v) is 8.27. The second-order valence-corrected chi connectivity index (χ2v) is 6.83. The Hall–Kier alpha value is -1.55. The van der Waals surface area contributed by atoms with Gasteiger partial charge in [-0.1, -0.05) is 12.1 Å². The van der Waals surface area contributed by atoms with Crippen LogP contribution in [0, 0.1) is 11.3 Å². The molecule has 4 heteroatoms. The van der Waals surface area contributed by atoms with Crippen LogP contribution >= 0.6 is 0 Å². The highest BCUT2D eigenvalue weighted by Gasteiger charge is 2.57. The number of carbonyl (C=O) groups excluding carboxylic acids is 1. The lowest BCUT2D eigenvalue weighted by molar-refractivity contribution is -0.123. The van der Waals surface area contributed by atoms with Gasteiger partial charge in [-0.15, -0.1) is 0 Å². The van der Waals surface area contributed by atoms with Crippen LogP contribution < -0.4 is 15.4 Å². The minimum atomic E-state index is 0.152. The van der Waals surface area contributed by atoms with Crippen molar-refractivity contribution < 1.29 is 9.53 Å². The molecule has 2 unspecified atom stereocenters. The van der Waals surface area contributed by atoms with Gasteiger partial charge in [0, 0.05) is 12.0 Å². The van der Waals surface area contributed by atoms with Crippen LogP contribution in [0.3, 0.4) is 0 Å². The summed E-state index contributed by atoms with van der Waals surface area (Å²) in [6, 6.07) is 8.20. The van der Waals surface area contributed by atoms with E-state index in [1.54, 1.807) is 7.11 Å². The molecule has 1 saturated heterocycles. The number of rotatable bonds is 5. The molecule has 2 aliphatic rings. The first-order valence-electron chi connectivity index (χ1n) is 8.27. The lowest BCUT2D eigenvalue weighted by Crippen LogP contribution is -2.38. The zero-order valence-corrected chi connectivity index (χ0v) is 13.5. The predicted molar refractivity (Wildman–Crippen MR) is 86.9 cm³/mol. The molecule has 2 fully saturated rings. The highest BCUT2D eigenvalue weighted by atomic mass is 16.5. The fourth-order valence-corrected chi connectivity index (χ4v) is 3.74. The van der Waals surface area contributed by atoms with Crippen LogP contribution in [0.2, 0.25) is 0 Å². The van der Waals surface area contributed by atoms with Crippen molar-refractivity contribution in [3.63, 3.8) is 0 Å². The van der Waals surface area contributed by atoms with Gasteiger partial charge in [-0.25, -0.2) is 0 Å². The molecule has 1 aromatic carbocycles. The monoisotopic (exact) mass is 302 g/mol. The highest BCUT2D eigenvalue weighted by Crippen LogP contribution is 2.58. The number of piperidine rings is 1. The molecule has 1 aromatic rings. The van der Waals surface area contributed by atoms with Gasteiger partial charge in [0.1, 0.15) is 5.75 Å². The summed E-state index contributed by atoms with van der Waals surface area (Å²) in [5, 5.41) is 6.58. The molecule has 2 N–H and O–H groups in total. The van der Waals surface area contributed by atoms with Gasteiger partial charge in [0.2, 0.25) is 5.91 Å². The van der Waals surface area contributed by atoms with E-state index in [2.05, 4.69) is 23.6 Å². The standard InChI is InChI=1S/C18H26N2O2/c1-13(10-14-4-3-5-15(11-14)22-2)20-17(21)16-12-18(16)6-8-19-9-7-18/h3-5,11,13,16,19H,6-10,12H2,1-2H3,(H,20,21). The van der Waals surface area contributed by atoms with E-state index in [0.29, 0.717) is 5.41 Å². The Morgan fingerprint density at radius 3 is 2.95 bits per heavy atom. The molecule has 22 heavy (non-hydrogen) atoms. The number of nitrogens with one attached hydrogen (secondary N) is 2. The number of benzene rings is 1. The average Bonchev–Trinajstić information content (AvgIpc) is 3.21. The van der Waals surface area contributed by atoms with Gasteiger partial charge in [0.25, 0.3) is 0 Å². The molecular formula is C18H26N2O2. The van der Waals surface area contributed by atoms with Crippen molar-refractivity contribution in [1.82, 2.24) is 10.6 Å². The van der Waals surface area contributed by atoms with E-state index in [1.165, 1.54) is 5.56 Å². The predicted octanol–water partition coefficient (Wildman–Crippen LogP) is 2.13. The molecule has 1 amide bonds. The first-order chi connectivity index (χ1) is 10.6. The molecule has 3 rings (SSSR count). The van der Waals surface area contributed by atoms with E-state index in [0.717, 1.165) is 44.5 Å². The van der Waals surface area contributed by atoms with Crippen molar-refractivity contribution in [2.45, 2.75) is 38.6 Å². The van der Waals surface area contributed by atoms with Gasteiger partial charge in [0.15, 0.2) is 0 Å². The first kappa shape index (κ1) is 15.3. The Morgan fingerprint density at radius 1 is 1.45 bits per heavy atom. The lowest BCUT2D eigenvalue weighted by Gasteiger charge is -2.23. The molecule has 120 valence electrons. The minimum Gasteiger partial charge on any atom is -0.497 e. The van der Waals surface area contributed by atoms with Gasteiger partial charge in [-0.3, -0.25) is 4.79 Å². The van der Waals surface area contributed by atoms with Gasteiger partial charge in [0.05, 0.1) is 7.11 Å². The smallest absolute Gasteiger partial charge is 0.223 e. The molecule has 1 aliphatic carbocycles.